The summed E-state index contributed by atoms with van der Waals surface area (Å²) in [6.07, 6.45) is 9.98. The van der Waals surface area contributed by atoms with E-state index in [1.54, 1.807) is 12.5 Å². The average Bonchev–Trinajstić information content (AvgIpc) is 3.19. The summed E-state index contributed by atoms with van der Waals surface area (Å²) in [4.78, 5) is 17.4. The van der Waals surface area contributed by atoms with Crippen molar-refractivity contribution < 1.29 is 18.7 Å². The van der Waals surface area contributed by atoms with E-state index in [0.29, 0.717) is 25.4 Å². The summed E-state index contributed by atoms with van der Waals surface area (Å²) < 4.78 is 17.1. The molecular weight excluding hydrogens is 356 g/mol. The van der Waals surface area contributed by atoms with E-state index in [4.69, 9.17) is 13.9 Å². The summed E-state index contributed by atoms with van der Waals surface area (Å²) in [6, 6.07) is 1.92. The first-order valence-electron chi connectivity index (χ1n) is 10.9. The van der Waals surface area contributed by atoms with E-state index < -0.39 is 0 Å². The van der Waals surface area contributed by atoms with Gasteiger partial charge >= 0.3 is 0 Å². The highest BCUT2D eigenvalue weighted by Gasteiger charge is 2.47. The number of nitrogens with zero attached hydrogens (tertiary/aromatic N) is 2. The molecule has 6 heteroatoms. The summed E-state index contributed by atoms with van der Waals surface area (Å²) in [5.74, 6) is 0.785. The van der Waals surface area contributed by atoms with Gasteiger partial charge in [-0.05, 0) is 51.0 Å². The SMILES string of the molecule is CCN(Cc1ccoc1)C(=O)CC1CN(CC2CCCOC2)C2(CCC2)CO1. The van der Waals surface area contributed by atoms with Crippen LogP contribution in [0.1, 0.15) is 51.0 Å². The molecule has 3 aliphatic rings. The zero-order chi connectivity index (χ0) is 19.4. The largest absolute Gasteiger partial charge is 0.472 e. The quantitative estimate of drug-likeness (QED) is 0.716. The molecule has 3 fully saturated rings. The van der Waals surface area contributed by atoms with Gasteiger partial charge in [-0.2, -0.15) is 0 Å². The fraction of sp³-hybridized carbons (Fsp3) is 0.773. The number of rotatable bonds is 7. The Labute approximate surface area is 168 Å². The molecular formula is C22H34N2O4. The third-order valence-electron chi connectivity index (χ3n) is 6.79. The number of ether oxygens (including phenoxy) is 2. The molecule has 2 unspecified atom stereocenters. The van der Waals surface area contributed by atoms with Crippen molar-refractivity contribution >= 4 is 5.91 Å². The lowest BCUT2D eigenvalue weighted by molar-refractivity contribution is -0.160. The van der Waals surface area contributed by atoms with Crippen molar-refractivity contribution in [2.75, 3.05) is 39.5 Å². The van der Waals surface area contributed by atoms with Crippen LogP contribution in [0.4, 0.5) is 0 Å². The molecule has 1 aromatic rings. The van der Waals surface area contributed by atoms with Gasteiger partial charge in [0, 0.05) is 43.9 Å². The molecule has 3 heterocycles. The maximum atomic E-state index is 12.9. The molecule has 0 radical (unpaired) electrons. The van der Waals surface area contributed by atoms with Gasteiger partial charge in [0.05, 0.1) is 38.3 Å². The third kappa shape index (κ3) is 4.44. The van der Waals surface area contributed by atoms with Crippen molar-refractivity contribution in [1.29, 1.82) is 0 Å². The van der Waals surface area contributed by atoms with Gasteiger partial charge in [0.15, 0.2) is 0 Å². The molecule has 2 aliphatic heterocycles. The van der Waals surface area contributed by atoms with Crippen LogP contribution in [-0.4, -0.2) is 66.8 Å². The second-order valence-corrected chi connectivity index (χ2v) is 8.74. The monoisotopic (exact) mass is 390 g/mol. The normalized spacial score (nSPS) is 27.5. The van der Waals surface area contributed by atoms with E-state index in [0.717, 1.165) is 38.5 Å². The number of hydrogen-bond donors (Lipinski definition) is 0. The summed E-state index contributed by atoms with van der Waals surface area (Å²) in [5.41, 5.74) is 1.25. The van der Waals surface area contributed by atoms with Crippen LogP contribution in [0.25, 0.3) is 0 Å². The van der Waals surface area contributed by atoms with Gasteiger partial charge in [0.1, 0.15) is 0 Å². The highest BCUT2D eigenvalue weighted by Crippen LogP contribution is 2.41. The molecule has 2 atom stereocenters. The summed E-state index contributed by atoms with van der Waals surface area (Å²) in [7, 11) is 0. The van der Waals surface area contributed by atoms with Crippen LogP contribution in [0.3, 0.4) is 0 Å². The Morgan fingerprint density at radius 1 is 1.36 bits per heavy atom. The van der Waals surface area contributed by atoms with Crippen LogP contribution in [0.5, 0.6) is 0 Å². The number of amides is 1. The van der Waals surface area contributed by atoms with Crippen LogP contribution in [0, 0.1) is 5.92 Å². The molecule has 1 aliphatic carbocycles. The zero-order valence-electron chi connectivity index (χ0n) is 17.1. The Morgan fingerprint density at radius 2 is 2.25 bits per heavy atom. The van der Waals surface area contributed by atoms with Crippen molar-refractivity contribution in [2.24, 2.45) is 5.92 Å². The van der Waals surface area contributed by atoms with Gasteiger partial charge in [-0.3, -0.25) is 9.69 Å². The van der Waals surface area contributed by atoms with Crippen molar-refractivity contribution in [3.05, 3.63) is 24.2 Å². The molecule has 1 amide bonds. The predicted octanol–water partition coefficient (Wildman–Crippen LogP) is 3.07. The number of furan rings is 1. The van der Waals surface area contributed by atoms with Crippen LogP contribution >= 0.6 is 0 Å². The number of carbonyl (C=O) groups excluding carboxylic acids is 1. The lowest BCUT2D eigenvalue weighted by Gasteiger charge is -2.55. The molecule has 1 spiro atoms. The van der Waals surface area contributed by atoms with Gasteiger partial charge in [0.2, 0.25) is 5.91 Å². The molecule has 4 rings (SSSR count). The maximum absolute atomic E-state index is 12.9. The summed E-state index contributed by atoms with van der Waals surface area (Å²) >= 11 is 0. The first kappa shape index (κ1) is 19.9. The van der Waals surface area contributed by atoms with Gasteiger partial charge in [-0.1, -0.05) is 0 Å². The minimum Gasteiger partial charge on any atom is -0.472 e. The Bertz CT molecular complexity index is 622. The lowest BCUT2D eigenvalue weighted by atomic mass is 9.74. The third-order valence-corrected chi connectivity index (χ3v) is 6.79. The highest BCUT2D eigenvalue weighted by atomic mass is 16.5. The molecule has 1 aromatic heterocycles. The van der Waals surface area contributed by atoms with Crippen molar-refractivity contribution in [1.82, 2.24) is 9.80 Å². The summed E-state index contributed by atoms with van der Waals surface area (Å²) in [6.45, 7) is 7.84. The minimum absolute atomic E-state index is 0.0124. The first-order valence-corrected chi connectivity index (χ1v) is 10.9. The topological polar surface area (TPSA) is 55.2 Å². The van der Waals surface area contributed by atoms with Gasteiger partial charge in [0.25, 0.3) is 0 Å². The fourth-order valence-electron chi connectivity index (χ4n) is 4.86. The van der Waals surface area contributed by atoms with Crippen LogP contribution in [-0.2, 0) is 20.8 Å². The summed E-state index contributed by atoms with van der Waals surface area (Å²) in [5, 5.41) is 0. The number of carbonyl (C=O) groups is 1. The van der Waals surface area contributed by atoms with E-state index in [9.17, 15) is 4.79 Å². The van der Waals surface area contributed by atoms with E-state index in [1.807, 2.05) is 17.9 Å². The van der Waals surface area contributed by atoms with Crippen LogP contribution < -0.4 is 0 Å². The Balaban J connectivity index is 1.34. The lowest BCUT2D eigenvalue weighted by Crippen LogP contribution is -2.64. The minimum atomic E-state index is -0.0124. The number of hydrogen-bond acceptors (Lipinski definition) is 5. The van der Waals surface area contributed by atoms with E-state index in [-0.39, 0.29) is 17.6 Å². The smallest absolute Gasteiger partial charge is 0.225 e. The van der Waals surface area contributed by atoms with Crippen molar-refractivity contribution in [3.8, 4) is 0 Å². The fourth-order valence-corrected chi connectivity index (χ4v) is 4.86. The molecule has 1 saturated carbocycles. The molecule has 6 nitrogen and oxygen atoms in total. The predicted molar refractivity (Wildman–Crippen MR) is 106 cm³/mol. The Hall–Kier alpha value is -1.37. The number of morpholine rings is 1. The van der Waals surface area contributed by atoms with Crippen molar-refractivity contribution in [3.63, 3.8) is 0 Å². The standard InChI is InChI=1S/C22H34N2O4/c1-2-23(12-19-6-10-27-16-19)21(25)11-20-14-24(13-18-5-3-9-26-15-18)22(17-28-20)7-4-8-22/h6,10,16,18,20H,2-5,7-9,11-15,17H2,1H3. The van der Waals surface area contributed by atoms with Gasteiger partial charge in [-0.15, -0.1) is 0 Å². The average molecular weight is 391 g/mol. The highest BCUT2D eigenvalue weighted by molar-refractivity contribution is 5.76. The Kier molecular flexibility index (Phi) is 6.38. The Morgan fingerprint density at radius 3 is 2.89 bits per heavy atom. The zero-order valence-corrected chi connectivity index (χ0v) is 17.1. The molecule has 0 aromatic carbocycles. The molecule has 0 bridgehead atoms. The maximum Gasteiger partial charge on any atom is 0.225 e. The molecule has 156 valence electrons. The van der Waals surface area contributed by atoms with E-state index in [1.165, 1.54) is 32.1 Å². The van der Waals surface area contributed by atoms with E-state index >= 15 is 0 Å². The van der Waals surface area contributed by atoms with Crippen molar-refractivity contribution in [2.45, 2.75) is 63.6 Å². The van der Waals surface area contributed by atoms with Crippen LogP contribution in [0.15, 0.2) is 23.0 Å². The first-order chi connectivity index (χ1) is 13.7. The molecule has 0 N–H and O–H groups in total. The molecule has 28 heavy (non-hydrogen) atoms. The second-order valence-electron chi connectivity index (χ2n) is 8.74. The van der Waals surface area contributed by atoms with Gasteiger partial charge < -0.3 is 18.8 Å². The van der Waals surface area contributed by atoms with Crippen LogP contribution in [0.2, 0.25) is 0 Å². The van der Waals surface area contributed by atoms with E-state index in [2.05, 4.69) is 4.90 Å². The second kappa shape index (κ2) is 8.97. The molecule has 2 saturated heterocycles. The van der Waals surface area contributed by atoms with Gasteiger partial charge in [-0.25, -0.2) is 0 Å².